The van der Waals surface area contributed by atoms with Crippen LogP contribution in [0.5, 0.6) is 0 Å². The highest BCUT2D eigenvalue weighted by molar-refractivity contribution is 6.35. The second-order valence-electron chi connectivity index (χ2n) is 5.37. The highest BCUT2D eigenvalue weighted by atomic mass is 35.5. The molecule has 3 nitrogen and oxygen atoms in total. The van der Waals surface area contributed by atoms with Crippen LogP contribution in [-0.2, 0) is 9.47 Å². The van der Waals surface area contributed by atoms with E-state index in [0.717, 1.165) is 0 Å². The molecule has 1 fully saturated rings. The fourth-order valence-electron chi connectivity index (χ4n) is 2.15. The topological polar surface area (TPSA) is 30.5 Å². The number of nitrogens with one attached hydrogen (secondary N) is 1. The molecule has 6 heteroatoms. The van der Waals surface area contributed by atoms with Crippen LogP contribution in [0.3, 0.4) is 0 Å². The van der Waals surface area contributed by atoms with Crippen molar-refractivity contribution in [1.29, 1.82) is 0 Å². The molecule has 2 atom stereocenters. The van der Waals surface area contributed by atoms with Gasteiger partial charge in [-0.15, -0.1) is 0 Å². The van der Waals surface area contributed by atoms with Gasteiger partial charge >= 0.3 is 0 Å². The van der Waals surface area contributed by atoms with Gasteiger partial charge in [-0.2, -0.15) is 0 Å². The van der Waals surface area contributed by atoms with Crippen LogP contribution >= 0.6 is 23.2 Å². The molecule has 20 heavy (non-hydrogen) atoms. The molecule has 1 aromatic rings. The highest BCUT2D eigenvalue weighted by Crippen LogP contribution is 2.29. The zero-order valence-corrected chi connectivity index (χ0v) is 13.2. The van der Waals surface area contributed by atoms with Gasteiger partial charge in [-0.25, -0.2) is 4.39 Å². The quantitative estimate of drug-likeness (QED) is 0.852. The Bertz CT molecular complexity index is 496. The van der Waals surface area contributed by atoms with Crippen LogP contribution in [-0.4, -0.2) is 25.0 Å². The minimum atomic E-state index is -0.542. The first-order chi connectivity index (χ1) is 9.28. The minimum absolute atomic E-state index is 0.0247. The van der Waals surface area contributed by atoms with E-state index in [4.69, 9.17) is 32.7 Å². The Morgan fingerprint density at radius 2 is 2.10 bits per heavy atom. The maximum absolute atomic E-state index is 13.5. The predicted molar refractivity (Wildman–Crippen MR) is 77.7 cm³/mol. The van der Waals surface area contributed by atoms with Gasteiger partial charge in [-0.05, 0) is 38.5 Å². The van der Waals surface area contributed by atoms with Crippen LogP contribution < -0.4 is 5.32 Å². The second-order valence-corrected chi connectivity index (χ2v) is 6.18. The summed E-state index contributed by atoms with van der Waals surface area (Å²) in [6.07, 6.45) is -0.0247. The predicted octanol–water partition coefficient (Wildman–Crippen LogP) is 3.93. The molecule has 1 aliphatic heterocycles. The Labute approximate surface area is 128 Å². The lowest BCUT2D eigenvalue weighted by molar-refractivity contribution is -0.137. The first kappa shape index (κ1) is 16.0. The molecule has 1 aromatic carbocycles. The van der Waals surface area contributed by atoms with Crippen molar-refractivity contribution in [3.8, 4) is 0 Å². The van der Waals surface area contributed by atoms with Crippen molar-refractivity contribution >= 4 is 23.2 Å². The fraction of sp³-hybridized carbons (Fsp3) is 0.571. The summed E-state index contributed by atoms with van der Waals surface area (Å²) < 4.78 is 24.7. The smallest absolute Gasteiger partial charge is 0.163 e. The third-order valence-corrected chi connectivity index (χ3v) is 3.84. The van der Waals surface area contributed by atoms with E-state index >= 15 is 0 Å². The van der Waals surface area contributed by atoms with Crippen LogP contribution in [0.4, 0.5) is 4.39 Å². The lowest BCUT2D eigenvalue weighted by Crippen LogP contribution is -2.32. The molecule has 1 heterocycles. The standard InChI is InChI=1S/C14H18Cl2FNO2/c1-8(10-4-13(17)12(16)5-11(10)15)18-6-9-7-19-14(2,3)20-9/h4-5,8-9,18H,6-7H2,1-3H3. The summed E-state index contributed by atoms with van der Waals surface area (Å²) in [6, 6.07) is 2.67. The van der Waals surface area contributed by atoms with Crippen molar-refractivity contribution < 1.29 is 13.9 Å². The Hall–Kier alpha value is -0.390. The van der Waals surface area contributed by atoms with Gasteiger partial charge in [0, 0.05) is 17.6 Å². The Kier molecular flexibility index (Phi) is 4.92. The van der Waals surface area contributed by atoms with E-state index in [1.54, 1.807) is 0 Å². The third kappa shape index (κ3) is 3.83. The van der Waals surface area contributed by atoms with Gasteiger partial charge in [-0.1, -0.05) is 23.2 Å². The second kappa shape index (κ2) is 6.16. The molecule has 0 amide bonds. The van der Waals surface area contributed by atoms with Crippen LogP contribution in [0.15, 0.2) is 12.1 Å². The summed E-state index contributed by atoms with van der Waals surface area (Å²) in [5, 5.41) is 3.74. The molecule has 2 unspecified atom stereocenters. The Morgan fingerprint density at radius 3 is 2.70 bits per heavy atom. The van der Waals surface area contributed by atoms with E-state index in [0.29, 0.717) is 23.7 Å². The number of rotatable bonds is 4. The molecule has 2 rings (SSSR count). The summed E-state index contributed by atoms with van der Waals surface area (Å²) >= 11 is 11.8. The van der Waals surface area contributed by atoms with E-state index in [2.05, 4.69) is 5.32 Å². The Balaban J connectivity index is 1.95. The number of hydrogen-bond donors (Lipinski definition) is 1. The van der Waals surface area contributed by atoms with Crippen molar-refractivity contribution in [2.24, 2.45) is 0 Å². The highest BCUT2D eigenvalue weighted by Gasteiger charge is 2.32. The molecular weight excluding hydrogens is 304 g/mol. The van der Waals surface area contributed by atoms with Crippen molar-refractivity contribution in [1.82, 2.24) is 5.32 Å². The first-order valence-corrected chi connectivity index (χ1v) is 7.23. The van der Waals surface area contributed by atoms with Crippen molar-refractivity contribution in [3.63, 3.8) is 0 Å². The molecule has 1 saturated heterocycles. The molecule has 0 saturated carbocycles. The van der Waals surface area contributed by atoms with Crippen molar-refractivity contribution in [3.05, 3.63) is 33.6 Å². The van der Waals surface area contributed by atoms with E-state index in [1.807, 2.05) is 20.8 Å². The number of hydrogen-bond acceptors (Lipinski definition) is 3. The number of benzene rings is 1. The van der Waals surface area contributed by atoms with Crippen LogP contribution in [0.25, 0.3) is 0 Å². The van der Waals surface area contributed by atoms with Gasteiger partial charge in [0.25, 0.3) is 0 Å². The fourth-order valence-corrected chi connectivity index (χ4v) is 2.70. The lowest BCUT2D eigenvalue weighted by atomic mass is 10.1. The monoisotopic (exact) mass is 321 g/mol. The van der Waals surface area contributed by atoms with E-state index in [9.17, 15) is 4.39 Å². The van der Waals surface area contributed by atoms with Gasteiger partial charge in [0.1, 0.15) is 5.82 Å². The van der Waals surface area contributed by atoms with Gasteiger partial charge in [-0.3, -0.25) is 0 Å². The molecule has 0 aliphatic carbocycles. The van der Waals surface area contributed by atoms with Gasteiger partial charge in [0.2, 0.25) is 0 Å². The van der Waals surface area contributed by atoms with E-state index in [1.165, 1.54) is 12.1 Å². The van der Waals surface area contributed by atoms with Gasteiger partial charge in [0.05, 0.1) is 17.7 Å². The number of ether oxygens (including phenoxy) is 2. The average molecular weight is 322 g/mol. The molecule has 112 valence electrons. The third-order valence-electron chi connectivity index (χ3n) is 3.23. The molecule has 0 spiro atoms. The zero-order valence-electron chi connectivity index (χ0n) is 11.7. The Morgan fingerprint density at radius 1 is 1.40 bits per heavy atom. The van der Waals surface area contributed by atoms with Gasteiger partial charge in [0.15, 0.2) is 5.79 Å². The van der Waals surface area contributed by atoms with Crippen LogP contribution in [0.2, 0.25) is 10.0 Å². The van der Waals surface area contributed by atoms with E-state index < -0.39 is 11.6 Å². The molecule has 0 bridgehead atoms. The number of halogens is 3. The largest absolute Gasteiger partial charge is 0.348 e. The SMILES string of the molecule is CC(NCC1COC(C)(C)O1)c1cc(F)c(Cl)cc1Cl. The molecule has 0 aromatic heterocycles. The lowest BCUT2D eigenvalue weighted by Gasteiger charge is -2.20. The molecule has 1 aliphatic rings. The van der Waals surface area contributed by atoms with E-state index in [-0.39, 0.29) is 17.2 Å². The molecule has 0 radical (unpaired) electrons. The first-order valence-electron chi connectivity index (χ1n) is 6.48. The molecule has 1 N–H and O–H groups in total. The van der Waals surface area contributed by atoms with Crippen LogP contribution in [0, 0.1) is 5.82 Å². The zero-order chi connectivity index (χ0) is 14.9. The summed E-state index contributed by atoms with van der Waals surface area (Å²) in [7, 11) is 0. The summed E-state index contributed by atoms with van der Waals surface area (Å²) in [5.74, 6) is -1.01. The average Bonchev–Trinajstić information content (AvgIpc) is 2.70. The summed E-state index contributed by atoms with van der Waals surface area (Å²) in [6.45, 7) is 6.81. The van der Waals surface area contributed by atoms with Crippen molar-refractivity contribution in [2.75, 3.05) is 13.2 Å². The summed E-state index contributed by atoms with van der Waals surface area (Å²) in [5.41, 5.74) is 0.673. The molecular formula is C14H18Cl2FNO2. The maximum Gasteiger partial charge on any atom is 0.163 e. The van der Waals surface area contributed by atoms with Crippen LogP contribution in [0.1, 0.15) is 32.4 Å². The normalized spacial score (nSPS) is 23.0. The van der Waals surface area contributed by atoms with Crippen molar-refractivity contribution in [2.45, 2.75) is 38.7 Å². The minimum Gasteiger partial charge on any atom is -0.348 e. The summed E-state index contributed by atoms with van der Waals surface area (Å²) in [4.78, 5) is 0. The van der Waals surface area contributed by atoms with Gasteiger partial charge < -0.3 is 14.8 Å². The maximum atomic E-state index is 13.5.